The summed E-state index contributed by atoms with van der Waals surface area (Å²) in [6, 6.07) is 19.0. The van der Waals surface area contributed by atoms with Gasteiger partial charge in [0.15, 0.2) is 5.78 Å². The number of carbonyl (C=O) groups excluding carboxylic acids is 1. The van der Waals surface area contributed by atoms with Gasteiger partial charge in [-0.25, -0.2) is 0 Å². The van der Waals surface area contributed by atoms with Crippen molar-refractivity contribution < 1.29 is 9.53 Å². The van der Waals surface area contributed by atoms with Gasteiger partial charge in [0.05, 0.1) is 16.7 Å². The van der Waals surface area contributed by atoms with Gasteiger partial charge in [-0.05, 0) is 49.7 Å². The van der Waals surface area contributed by atoms with Gasteiger partial charge in [0.25, 0.3) is 0 Å². The number of anilines is 1. The minimum atomic E-state index is -0.0676. The highest BCUT2D eigenvalue weighted by Crippen LogP contribution is 2.34. The highest BCUT2D eigenvalue weighted by molar-refractivity contribution is 7.19. The van der Waals surface area contributed by atoms with Crippen LogP contribution in [0.3, 0.4) is 0 Å². The predicted molar refractivity (Wildman–Crippen MR) is 99.8 cm³/mol. The van der Waals surface area contributed by atoms with Gasteiger partial charge in [0.2, 0.25) is 0 Å². The maximum absolute atomic E-state index is 12.7. The molecule has 3 nitrogen and oxygen atoms in total. The molecule has 0 unspecified atom stereocenters. The Morgan fingerprint density at radius 3 is 2.33 bits per heavy atom. The molecule has 0 aliphatic carbocycles. The molecule has 0 fully saturated rings. The van der Waals surface area contributed by atoms with Gasteiger partial charge in [0, 0.05) is 10.4 Å². The summed E-state index contributed by atoms with van der Waals surface area (Å²) < 4.78 is 5.61. The van der Waals surface area contributed by atoms with Crippen molar-refractivity contribution in [2.75, 3.05) is 5.73 Å². The first kappa shape index (κ1) is 16.3. The summed E-state index contributed by atoms with van der Waals surface area (Å²) in [7, 11) is 0. The summed E-state index contributed by atoms with van der Waals surface area (Å²) in [5.74, 6) is 0.687. The Hall–Kier alpha value is -2.59. The second kappa shape index (κ2) is 6.89. The Morgan fingerprint density at radius 2 is 1.71 bits per heavy atom. The number of ether oxygens (including phenoxy) is 1. The SMILES string of the molecule is CC(C)Oc1ccc(C(=O)c2cc(-c3ccccc3)sc2N)cc1. The highest BCUT2D eigenvalue weighted by Gasteiger charge is 2.17. The van der Waals surface area contributed by atoms with Crippen LogP contribution in [0.1, 0.15) is 29.8 Å². The van der Waals surface area contributed by atoms with Crippen molar-refractivity contribution >= 4 is 22.1 Å². The molecule has 4 heteroatoms. The molecule has 2 aromatic carbocycles. The number of thiophene rings is 1. The molecular weight excluding hydrogens is 318 g/mol. The van der Waals surface area contributed by atoms with Crippen LogP contribution in [-0.2, 0) is 0 Å². The van der Waals surface area contributed by atoms with E-state index in [0.717, 1.165) is 16.2 Å². The number of hydrogen-bond acceptors (Lipinski definition) is 4. The Morgan fingerprint density at radius 1 is 1.04 bits per heavy atom. The van der Waals surface area contributed by atoms with E-state index in [1.54, 1.807) is 12.1 Å². The Labute approximate surface area is 145 Å². The number of hydrogen-bond donors (Lipinski definition) is 1. The Kier molecular flexibility index (Phi) is 4.67. The van der Waals surface area contributed by atoms with E-state index in [1.807, 2.05) is 62.4 Å². The van der Waals surface area contributed by atoms with E-state index in [1.165, 1.54) is 11.3 Å². The van der Waals surface area contributed by atoms with Crippen LogP contribution in [-0.4, -0.2) is 11.9 Å². The number of rotatable bonds is 5. The molecule has 0 aliphatic heterocycles. The normalized spacial score (nSPS) is 10.8. The molecule has 0 saturated carbocycles. The fourth-order valence-electron chi connectivity index (χ4n) is 2.44. The van der Waals surface area contributed by atoms with Crippen molar-refractivity contribution in [2.45, 2.75) is 20.0 Å². The maximum Gasteiger partial charge on any atom is 0.196 e. The molecule has 0 aliphatic rings. The number of benzene rings is 2. The summed E-state index contributed by atoms with van der Waals surface area (Å²) >= 11 is 1.43. The first-order chi connectivity index (χ1) is 11.5. The van der Waals surface area contributed by atoms with Gasteiger partial charge in [-0.1, -0.05) is 30.3 Å². The number of ketones is 1. The molecule has 24 heavy (non-hydrogen) atoms. The van der Waals surface area contributed by atoms with Crippen LogP contribution in [0.15, 0.2) is 60.7 Å². The smallest absolute Gasteiger partial charge is 0.196 e. The second-order valence-electron chi connectivity index (χ2n) is 5.77. The molecule has 3 aromatic rings. The molecule has 3 rings (SSSR count). The molecule has 0 atom stereocenters. The standard InChI is InChI=1S/C20H19NO2S/c1-13(2)23-16-10-8-15(9-11-16)19(22)17-12-18(24-20(17)21)14-6-4-3-5-7-14/h3-13H,21H2,1-2H3. The van der Waals surface area contributed by atoms with Gasteiger partial charge in [0.1, 0.15) is 5.75 Å². The van der Waals surface area contributed by atoms with Crippen LogP contribution in [0.4, 0.5) is 5.00 Å². The molecule has 0 spiro atoms. The molecule has 0 radical (unpaired) electrons. The minimum Gasteiger partial charge on any atom is -0.491 e. The first-order valence-corrected chi connectivity index (χ1v) is 8.62. The van der Waals surface area contributed by atoms with Crippen LogP contribution in [0, 0.1) is 0 Å². The fourth-order valence-corrected chi connectivity index (χ4v) is 3.37. The van der Waals surface area contributed by atoms with Gasteiger partial charge >= 0.3 is 0 Å². The zero-order chi connectivity index (χ0) is 17.1. The first-order valence-electron chi connectivity index (χ1n) is 7.80. The third-order valence-electron chi connectivity index (χ3n) is 3.55. The molecule has 1 heterocycles. The molecule has 1 aromatic heterocycles. The molecule has 0 bridgehead atoms. The summed E-state index contributed by atoms with van der Waals surface area (Å²) in [6.45, 7) is 3.94. The Balaban J connectivity index is 1.86. The number of nitrogens with two attached hydrogens (primary N) is 1. The monoisotopic (exact) mass is 337 g/mol. The lowest BCUT2D eigenvalue weighted by atomic mass is 10.0. The molecule has 0 saturated heterocycles. The average molecular weight is 337 g/mol. The molecular formula is C20H19NO2S. The van der Waals surface area contributed by atoms with E-state index in [9.17, 15) is 4.79 Å². The van der Waals surface area contributed by atoms with Crippen LogP contribution >= 0.6 is 11.3 Å². The van der Waals surface area contributed by atoms with Gasteiger partial charge < -0.3 is 10.5 Å². The third kappa shape index (κ3) is 3.49. The van der Waals surface area contributed by atoms with Crippen molar-refractivity contribution in [3.05, 3.63) is 71.8 Å². The van der Waals surface area contributed by atoms with Crippen LogP contribution in [0.2, 0.25) is 0 Å². The predicted octanol–water partition coefficient (Wildman–Crippen LogP) is 5.02. The van der Waals surface area contributed by atoms with Gasteiger partial charge in [-0.3, -0.25) is 4.79 Å². The zero-order valence-corrected chi connectivity index (χ0v) is 14.5. The molecule has 0 amide bonds. The van der Waals surface area contributed by atoms with E-state index in [4.69, 9.17) is 10.5 Å². The van der Waals surface area contributed by atoms with Crippen LogP contribution in [0.5, 0.6) is 5.75 Å². The van der Waals surface area contributed by atoms with E-state index in [0.29, 0.717) is 16.1 Å². The summed E-state index contributed by atoms with van der Waals surface area (Å²) in [5.41, 5.74) is 8.31. The maximum atomic E-state index is 12.7. The lowest BCUT2D eigenvalue weighted by molar-refractivity contribution is 0.104. The van der Waals surface area contributed by atoms with E-state index < -0.39 is 0 Å². The van der Waals surface area contributed by atoms with Gasteiger partial charge in [-0.2, -0.15) is 0 Å². The number of nitrogen functional groups attached to an aromatic ring is 1. The van der Waals surface area contributed by atoms with E-state index in [2.05, 4.69) is 0 Å². The summed E-state index contributed by atoms with van der Waals surface area (Å²) in [5, 5.41) is 0.543. The number of carbonyl (C=O) groups is 1. The van der Waals surface area contributed by atoms with E-state index in [-0.39, 0.29) is 11.9 Å². The van der Waals surface area contributed by atoms with E-state index >= 15 is 0 Å². The second-order valence-corrected chi connectivity index (χ2v) is 6.86. The molecule has 122 valence electrons. The highest BCUT2D eigenvalue weighted by atomic mass is 32.1. The fraction of sp³-hybridized carbons (Fsp3) is 0.150. The quantitative estimate of drug-likeness (QED) is 0.665. The van der Waals surface area contributed by atoms with Crippen molar-refractivity contribution in [2.24, 2.45) is 0 Å². The van der Waals surface area contributed by atoms with Crippen molar-refractivity contribution in [3.8, 4) is 16.2 Å². The van der Waals surface area contributed by atoms with Crippen molar-refractivity contribution in [1.82, 2.24) is 0 Å². The van der Waals surface area contributed by atoms with Crippen LogP contribution in [0.25, 0.3) is 10.4 Å². The Bertz CT molecular complexity index is 836. The zero-order valence-electron chi connectivity index (χ0n) is 13.7. The largest absolute Gasteiger partial charge is 0.491 e. The van der Waals surface area contributed by atoms with Crippen molar-refractivity contribution in [3.63, 3.8) is 0 Å². The van der Waals surface area contributed by atoms with Crippen molar-refractivity contribution in [1.29, 1.82) is 0 Å². The molecule has 2 N–H and O–H groups in total. The van der Waals surface area contributed by atoms with Crippen LogP contribution < -0.4 is 10.5 Å². The minimum absolute atomic E-state index is 0.0676. The lowest BCUT2D eigenvalue weighted by Crippen LogP contribution is -2.06. The topological polar surface area (TPSA) is 52.3 Å². The summed E-state index contributed by atoms with van der Waals surface area (Å²) in [4.78, 5) is 13.7. The third-order valence-corrected chi connectivity index (χ3v) is 4.57. The average Bonchev–Trinajstić information content (AvgIpc) is 2.97. The lowest BCUT2D eigenvalue weighted by Gasteiger charge is -2.09. The van der Waals surface area contributed by atoms with Gasteiger partial charge in [-0.15, -0.1) is 11.3 Å². The summed E-state index contributed by atoms with van der Waals surface area (Å²) in [6.07, 6.45) is 0.104.